The van der Waals surface area contributed by atoms with Crippen LogP contribution in [0.25, 0.3) is 0 Å². The molecule has 5 heteroatoms. The maximum Gasteiger partial charge on any atom is 1.00 e. The van der Waals surface area contributed by atoms with Gasteiger partial charge in [0.1, 0.15) is 0 Å². The van der Waals surface area contributed by atoms with Gasteiger partial charge in [0.25, 0.3) is 0 Å². The van der Waals surface area contributed by atoms with E-state index in [0.29, 0.717) is 0 Å². The molecule has 0 unspecified atom stereocenters. The third kappa shape index (κ3) is 11.0. The molecule has 0 aliphatic carbocycles. The molecular weight excluding hydrogens is 167 g/mol. The molecule has 0 saturated heterocycles. The van der Waals surface area contributed by atoms with E-state index >= 15 is 0 Å². The SMILES string of the molecule is SSSS.[H-].[K+]. The second-order valence-electron chi connectivity index (χ2n) is 0.149. The van der Waals surface area contributed by atoms with Crippen LogP contribution in [0.15, 0.2) is 0 Å². The first-order chi connectivity index (χ1) is 1.91. The minimum atomic E-state index is 0. The van der Waals surface area contributed by atoms with Crippen LogP contribution < -0.4 is 51.4 Å². The van der Waals surface area contributed by atoms with Crippen molar-refractivity contribution in [3.05, 3.63) is 0 Å². The molecule has 0 nitrogen and oxygen atoms in total. The summed E-state index contributed by atoms with van der Waals surface area (Å²) in [6.07, 6.45) is 0. The summed E-state index contributed by atoms with van der Waals surface area (Å²) in [5.74, 6) is 0. The van der Waals surface area contributed by atoms with Gasteiger partial charge in [-0.1, -0.05) is 23.3 Å². The molecule has 0 N–H and O–H groups in total. The van der Waals surface area contributed by atoms with Crippen molar-refractivity contribution in [2.24, 2.45) is 0 Å². The van der Waals surface area contributed by atoms with E-state index in [1.165, 1.54) is 19.7 Å². The minimum Gasteiger partial charge on any atom is -1.00 e. The molecule has 5 heavy (non-hydrogen) atoms. The van der Waals surface area contributed by atoms with Crippen LogP contribution in [-0.4, -0.2) is 0 Å². The van der Waals surface area contributed by atoms with E-state index in [4.69, 9.17) is 0 Å². The van der Waals surface area contributed by atoms with Gasteiger partial charge in [-0.15, -0.1) is 0 Å². The van der Waals surface area contributed by atoms with Crippen molar-refractivity contribution in [2.45, 2.75) is 0 Å². The summed E-state index contributed by atoms with van der Waals surface area (Å²) in [7, 11) is 2.66. The molecule has 0 aliphatic heterocycles. The van der Waals surface area contributed by atoms with E-state index in [2.05, 4.69) is 23.3 Å². The van der Waals surface area contributed by atoms with Crippen LogP contribution >= 0.6 is 43.0 Å². The van der Waals surface area contributed by atoms with Crippen LogP contribution in [0.5, 0.6) is 0 Å². The third-order valence-corrected chi connectivity index (χ3v) is 2.70. The molecule has 0 aromatic heterocycles. The van der Waals surface area contributed by atoms with Crippen molar-refractivity contribution in [3.8, 4) is 0 Å². The number of hydrogen-bond acceptors (Lipinski definition) is 4. The van der Waals surface area contributed by atoms with Crippen molar-refractivity contribution in [1.29, 1.82) is 0 Å². The Bertz CT molecular complexity index is 9.51. The van der Waals surface area contributed by atoms with Gasteiger partial charge in [0.15, 0.2) is 0 Å². The number of rotatable bonds is 1. The standard InChI is InChI=1S/K.H2S4.H/c;1-3-4-2;/h;1-2H;/q+1;;-1. The monoisotopic (exact) mass is 170 g/mol. The van der Waals surface area contributed by atoms with Gasteiger partial charge in [0.05, 0.1) is 0 Å². The zero-order valence-corrected chi connectivity index (χ0v) is 9.26. The molecule has 28 valence electrons. The van der Waals surface area contributed by atoms with Crippen molar-refractivity contribution in [1.82, 2.24) is 0 Å². The van der Waals surface area contributed by atoms with Crippen molar-refractivity contribution in [2.75, 3.05) is 0 Å². The van der Waals surface area contributed by atoms with Gasteiger partial charge in [-0.25, -0.2) is 0 Å². The van der Waals surface area contributed by atoms with Crippen molar-refractivity contribution >= 4 is 43.0 Å². The molecule has 0 amide bonds. The zero-order chi connectivity index (χ0) is 3.41. The molecule has 0 aliphatic rings. The summed E-state index contributed by atoms with van der Waals surface area (Å²) in [5.41, 5.74) is 0. The Hall–Kier alpha value is 3.04. The smallest absolute Gasteiger partial charge is 1.00 e. The van der Waals surface area contributed by atoms with Crippen LogP contribution in [0.3, 0.4) is 0 Å². The normalized spacial score (nSPS) is 6.00. The molecular formula is H3KS4. The summed E-state index contributed by atoms with van der Waals surface area (Å²) >= 11 is 7.45. The van der Waals surface area contributed by atoms with E-state index in [0.717, 1.165) is 0 Å². The van der Waals surface area contributed by atoms with Crippen molar-refractivity contribution < 1.29 is 52.8 Å². The number of hydrogen-bond donors (Lipinski definition) is 2. The Morgan fingerprint density at radius 3 is 1.40 bits per heavy atom. The molecule has 0 atom stereocenters. The first-order valence-electron chi connectivity index (χ1n) is 0.532. The van der Waals surface area contributed by atoms with Crippen LogP contribution in [0, 0.1) is 0 Å². The van der Waals surface area contributed by atoms with E-state index in [-0.39, 0.29) is 52.8 Å². The van der Waals surface area contributed by atoms with E-state index in [1.807, 2.05) is 0 Å². The second kappa shape index (κ2) is 10.1. The Labute approximate surface area is 93.5 Å². The summed E-state index contributed by atoms with van der Waals surface area (Å²) < 4.78 is 0. The molecule has 0 rings (SSSR count). The molecule has 0 aromatic rings. The maximum absolute atomic E-state index is 3.72. The van der Waals surface area contributed by atoms with Crippen LogP contribution in [0.2, 0.25) is 0 Å². The van der Waals surface area contributed by atoms with Crippen molar-refractivity contribution in [3.63, 3.8) is 0 Å². The van der Waals surface area contributed by atoms with Gasteiger partial charge in [-0.2, -0.15) is 0 Å². The Kier molecular flexibility index (Phi) is 22.1. The van der Waals surface area contributed by atoms with Crippen LogP contribution in [-0.2, 0) is 0 Å². The minimum absolute atomic E-state index is 0. The van der Waals surface area contributed by atoms with Gasteiger partial charge in [0, 0.05) is 0 Å². The molecule has 0 spiro atoms. The van der Waals surface area contributed by atoms with E-state index < -0.39 is 0 Å². The van der Waals surface area contributed by atoms with E-state index in [9.17, 15) is 0 Å². The van der Waals surface area contributed by atoms with Gasteiger partial charge < -0.3 is 1.43 Å². The van der Waals surface area contributed by atoms with Crippen LogP contribution in [0.4, 0.5) is 0 Å². The number of thiol groups is 2. The summed E-state index contributed by atoms with van der Waals surface area (Å²) in [5, 5.41) is 0. The van der Waals surface area contributed by atoms with Gasteiger partial charge >= 0.3 is 51.4 Å². The quantitative estimate of drug-likeness (QED) is 0.300. The van der Waals surface area contributed by atoms with E-state index in [1.54, 1.807) is 0 Å². The third-order valence-electron chi connectivity index (χ3n) is 0.0333. The van der Waals surface area contributed by atoms with Gasteiger partial charge in [-0.3, -0.25) is 0 Å². The zero-order valence-electron chi connectivity index (χ0n) is 3.71. The molecule has 0 fully saturated rings. The molecule has 0 aromatic carbocycles. The molecule has 0 radical (unpaired) electrons. The first-order valence-corrected chi connectivity index (χ1v) is 4.79. The molecule has 0 saturated carbocycles. The van der Waals surface area contributed by atoms with Gasteiger partial charge in [0.2, 0.25) is 0 Å². The summed E-state index contributed by atoms with van der Waals surface area (Å²) in [4.78, 5) is 0. The topological polar surface area (TPSA) is 0 Å². The maximum atomic E-state index is 3.72. The Morgan fingerprint density at radius 1 is 1.20 bits per heavy atom. The first kappa shape index (κ1) is 10.9. The Morgan fingerprint density at radius 2 is 1.40 bits per heavy atom. The Balaban J connectivity index is -0.0000000450. The fraction of sp³-hybridized carbons (Fsp3) is 0. The van der Waals surface area contributed by atoms with Gasteiger partial charge in [-0.05, 0) is 19.7 Å². The second-order valence-corrected chi connectivity index (χ2v) is 4.02. The summed E-state index contributed by atoms with van der Waals surface area (Å²) in [6.45, 7) is 0. The fourth-order valence-corrected chi connectivity index (χ4v) is 0. The fourth-order valence-electron chi connectivity index (χ4n) is 0. The largest absolute Gasteiger partial charge is 1.00 e. The molecule has 0 heterocycles. The predicted molar refractivity (Wildman–Crippen MR) is 34.3 cm³/mol. The molecule has 0 bridgehead atoms. The average Bonchev–Trinajstić information content (AvgIpc) is 1.37. The summed E-state index contributed by atoms with van der Waals surface area (Å²) in [6, 6.07) is 0. The predicted octanol–water partition coefficient (Wildman–Crippen LogP) is -0.826. The average molecular weight is 170 g/mol. The van der Waals surface area contributed by atoms with Crippen LogP contribution in [0.1, 0.15) is 1.43 Å².